The van der Waals surface area contributed by atoms with Crippen molar-refractivity contribution in [1.29, 1.82) is 0 Å². The molecule has 0 atom stereocenters. The third-order valence-electron chi connectivity index (χ3n) is 2.88. The van der Waals surface area contributed by atoms with Crippen molar-refractivity contribution in [2.75, 3.05) is 24.7 Å². The first-order valence-electron chi connectivity index (χ1n) is 5.73. The summed E-state index contributed by atoms with van der Waals surface area (Å²) in [6.07, 6.45) is 0. The fourth-order valence-corrected chi connectivity index (χ4v) is 2.16. The van der Waals surface area contributed by atoms with Crippen molar-refractivity contribution in [3.63, 3.8) is 0 Å². The summed E-state index contributed by atoms with van der Waals surface area (Å²) in [5.41, 5.74) is 9.39. The van der Waals surface area contributed by atoms with E-state index in [1.54, 1.807) is 0 Å². The van der Waals surface area contributed by atoms with Gasteiger partial charge in [-0.05, 0) is 47.2 Å². The highest BCUT2D eigenvalue weighted by molar-refractivity contribution is 14.1. The number of nitrogens with two attached hydrogens (primary N) is 1. The maximum absolute atomic E-state index is 6.01. The van der Waals surface area contributed by atoms with Gasteiger partial charge in [0.1, 0.15) is 5.82 Å². The molecule has 2 aromatic rings. The number of benzene rings is 1. The summed E-state index contributed by atoms with van der Waals surface area (Å²) in [5, 5.41) is 4.44. The van der Waals surface area contributed by atoms with E-state index in [1.165, 1.54) is 11.3 Å². The average molecular weight is 356 g/mol. The normalized spacial score (nSPS) is 10.7. The molecule has 2 rings (SSSR count). The maximum atomic E-state index is 6.01. The summed E-state index contributed by atoms with van der Waals surface area (Å²) in [7, 11) is 4.07. The van der Waals surface area contributed by atoms with Crippen molar-refractivity contribution in [2.24, 2.45) is 0 Å². The Bertz CT molecular complexity index is 543. The lowest BCUT2D eigenvalue weighted by molar-refractivity contribution is 0.689. The number of hydrogen-bond acceptors (Lipinski definition) is 3. The molecular formula is C13H17IN4. The number of nitrogen functional groups attached to an aromatic ring is 1. The van der Waals surface area contributed by atoms with Crippen LogP contribution in [0, 0.1) is 10.5 Å². The molecule has 0 spiro atoms. The van der Waals surface area contributed by atoms with Crippen molar-refractivity contribution >= 4 is 34.1 Å². The van der Waals surface area contributed by atoms with E-state index in [0.717, 1.165) is 15.1 Å². The van der Waals surface area contributed by atoms with Crippen LogP contribution in [-0.2, 0) is 6.54 Å². The second-order valence-corrected chi connectivity index (χ2v) is 5.58. The van der Waals surface area contributed by atoms with Gasteiger partial charge >= 0.3 is 0 Å². The highest BCUT2D eigenvalue weighted by atomic mass is 127. The molecule has 5 heteroatoms. The molecule has 0 bridgehead atoms. The molecule has 2 N–H and O–H groups in total. The van der Waals surface area contributed by atoms with E-state index in [2.05, 4.69) is 56.9 Å². The van der Waals surface area contributed by atoms with Crippen molar-refractivity contribution in [2.45, 2.75) is 13.5 Å². The predicted molar refractivity (Wildman–Crippen MR) is 84.0 cm³/mol. The van der Waals surface area contributed by atoms with Gasteiger partial charge in [0.05, 0.1) is 15.8 Å². The number of rotatable bonds is 3. The van der Waals surface area contributed by atoms with E-state index in [0.29, 0.717) is 6.54 Å². The lowest BCUT2D eigenvalue weighted by atomic mass is 10.2. The second kappa shape index (κ2) is 5.17. The van der Waals surface area contributed by atoms with Crippen LogP contribution in [0.3, 0.4) is 0 Å². The Morgan fingerprint density at radius 2 is 1.89 bits per heavy atom. The summed E-state index contributed by atoms with van der Waals surface area (Å²) in [6.45, 7) is 2.69. The molecular weight excluding hydrogens is 339 g/mol. The Labute approximate surface area is 121 Å². The van der Waals surface area contributed by atoms with Crippen LogP contribution in [0.2, 0.25) is 0 Å². The Morgan fingerprint density at radius 3 is 2.33 bits per heavy atom. The molecule has 0 amide bonds. The van der Waals surface area contributed by atoms with E-state index < -0.39 is 0 Å². The van der Waals surface area contributed by atoms with Gasteiger partial charge < -0.3 is 10.6 Å². The van der Waals surface area contributed by atoms with E-state index in [4.69, 9.17) is 5.73 Å². The smallest absolute Gasteiger partial charge is 0.135 e. The van der Waals surface area contributed by atoms with Gasteiger partial charge in [0.25, 0.3) is 0 Å². The first kappa shape index (κ1) is 13.2. The summed E-state index contributed by atoms with van der Waals surface area (Å²) in [4.78, 5) is 2.08. The Morgan fingerprint density at radius 1 is 1.28 bits per heavy atom. The number of anilines is 2. The number of aromatic nitrogens is 2. The number of aryl methyl sites for hydroxylation is 1. The van der Waals surface area contributed by atoms with Crippen molar-refractivity contribution in [3.8, 4) is 0 Å². The SMILES string of the molecule is Cc1nn(Cc2ccc(N(C)C)cc2)c(N)c1I. The van der Waals surface area contributed by atoms with Crippen LogP contribution in [-0.4, -0.2) is 23.9 Å². The van der Waals surface area contributed by atoms with Gasteiger partial charge in [0.15, 0.2) is 0 Å². The van der Waals surface area contributed by atoms with Gasteiger partial charge in [-0.25, -0.2) is 4.68 Å². The quantitative estimate of drug-likeness (QED) is 0.860. The molecule has 1 aromatic heterocycles. The molecule has 0 saturated heterocycles. The predicted octanol–water partition coefficient (Wildman–Crippen LogP) is 2.49. The van der Waals surface area contributed by atoms with Gasteiger partial charge in [0, 0.05) is 19.8 Å². The molecule has 0 aliphatic rings. The van der Waals surface area contributed by atoms with E-state index >= 15 is 0 Å². The third-order valence-corrected chi connectivity index (χ3v) is 4.21. The zero-order chi connectivity index (χ0) is 13.3. The second-order valence-electron chi connectivity index (χ2n) is 4.50. The molecule has 0 unspecified atom stereocenters. The number of halogens is 1. The molecule has 1 heterocycles. The van der Waals surface area contributed by atoms with Gasteiger partial charge in [-0.1, -0.05) is 12.1 Å². The molecule has 4 nitrogen and oxygen atoms in total. The Hall–Kier alpha value is -1.24. The van der Waals surface area contributed by atoms with Gasteiger partial charge in [-0.3, -0.25) is 0 Å². The Kier molecular flexibility index (Phi) is 3.79. The molecule has 96 valence electrons. The largest absolute Gasteiger partial charge is 0.383 e. The first-order chi connectivity index (χ1) is 8.49. The van der Waals surface area contributed by atoms with Gasteiger partial charge in [0.2, 0.25) is 0 Å². The molecule has 1 aromatic carbocycles. The van der Waals surface area contributed by atoms with E-state index in [-0.39, 0.29) is 0 Å². The number of hydrogen-bond donors (Lipinski definition) is 1. The molecule has 0 fully saturated rings. The summed E-state index contributed by atoms with van der Waals surface area (Å²) < 4.78 is 2.89. The monoisotopic (exact) mass is 356 g/mol. The highest BCUT2D eigenvalue weighted by Crippen LogP contribution is 2.20. The summed E-state index contributed by atoms with van der Waals surface area (Å²) in [6, 6.07) is 8.43. The topological polar surface area (TPSA) is 47.1 Å². The summed E-state index contributed by atoms with van der Waals surface area (Å²) >= 11 is 2.23. The van der Waals surface area contributed by atoms with Crippen LogP contribution in [0.25, 0.3) is 0 Å². The minimum absolute atomic E-state index is 0.712. The third kappa shape index (κ3) is 2.60. The van der Waals surface area contributed by atoms with Crippen molar-refractivity contribution in [3.05, 3.63) is 39.1 Å². The minimum Gasteiger partial charge on any atom is -0.383 e. The Balaban J connectivity index is 2.21. The van der Waals surface area contributed by atoms with Crippen LogP contribution in [0.5, 0.6) is 0 Å². The standard InChI is InChI=1S/C13H17IN4/c1-9-12(14)13(15)18(16-9)8-10-4-6-11(7-5-10)17(2)3/h4-7H,8,15H2,1-3H3. The van der Waals surface area contributed by atoms with E-state index in [1.807, 2.05) is 25.7 Å². The molecule has 0 saturated carbocycles. The van der Waals surface area contributed by atoms with Crippen LogP contribution in [0.1, 0.15) is 11.3 Å². The van der Waals surface area contributed by atoms with Crippen LogP contribution in [0.15, 0.2) is 24.3 Å². The van der Waals surface area contributed by atoms with Crippen molar-refractivity contribution < 1.29 is 0 Å². The van der Waals surface area contributed by atoms with Crippen LogP contribution >= 0.6 is 22.6 Å². The van der Waals surface area contributed by atoms with Crippen LogP contribution in [0.4, 0.5) is 11.5 Å². The molecule has 18 heavy (non-hydrogen) atoms. The zero-order valence-corrected chi connectivity index (χ0v) is 13.0. The number of nitrogens with zero attached hydrogens (tertiary/aromatic N) is 3. The van der Waals surface area contributed by atoms with Gasteiger partial charge in [-0.15, -0.1) is 0 Å². The molecule has 0 aliphatic heterocycles. The van der Waals surface area contributed by atoms with E-state index in [9.17, 15) is 0 Å². The molecule has 0 radical (unpaired) electrons. The summed E-state index contributed by atoms with van der Waals surface area (Å²) in [5.74, 6) is 0.741. The minimum atomic E-state index is 0.712. The van der Waals surface area contributed by atoms with Crippen LogP contribution < -0.4 is 10.6 Å². The highest BCUT2D eigenvalue weighted by Gasteiger charge is 2.09. The van der Waals surface area contributed by atoms with Gasteiger partial charge in [-0.2, -0.15) is 5.10 Å². The maximum Gasteiger partial charge on any atom is 0.135 e. The first-order valence-corrected chi connectivity index (χ1v) is 6.81. The van der Waals surface area contributed by atoms with Crippen molar-refractivity contribution in [1.82, 2.24) is 9.78 Å². The molecule has 0 aliphatic carbocycles. The fourth-order valence-electron chi connectivity index (χ4n) is 1.77. The lowest BCUT2D eigenvalue weighted by Crippen LogP contribution is -2.09. The lowest BCUT2D eigenvalue weighted by Gasteiger charge is -2.12. The average Bonchev–Trinajstić information content (AvgIpc) is 2.58. The zero-order valence-electron chi connectivity index (χ0n) is 10.8. The fraction of sp³-hybridized carbons (Fsp3) is 0.308.